The zero-order chi connectivity index (χ0) is 28.2. The molecule has 40 heavy (non-hydrogen) atoms. The van der Waals surface area contributed by atoms with Crippen molar-refractivity contribution in [2.24, 2.45) is 0 Å². The number of morpholine rings is 1. The first-order chi connectivity index (χ1) is 19.4. The number of methoxy groups -OCH3 is 1. The van der Waals surface area contributed by atoms with Gasteiger partial charge in [-0.3, -0.25) is 4.21 Å². The lowest BCUT2D eigenvalue weighted by atomic mass is 9.97. The number of nitrogen functional groups attached to an aromatic ring is 1. The SMILES string of the molecule is COc1cc(-c2c(F)ccc(CCCNS(=O)[O-])c2F)cc2c(N3CCOCC3)nc(-c3ccc(N)nc3)nc12. The van der Waals surface area contributed by atoms with Gasteiger partial charge < -0.3 is 24.7 Å². The van der Waals surface area contributed by atoms with Gasteiger partial charge in [0.2, 0.25) is 0 Å². The lowest BCUT2D eigenvalue weighted by Crippen LogP contribution is -2.37. The van der Waals surface area contributed by atoms with Crippen molar-refractivity contribution < 1.29 is 27.0 Å². The molecule has 0 amide bonds. The minimum absolute atomic E-state index is 0.137. The summed E-state index contributed by atoms with van der Waals surface area (Å²) < 4.78 is 65.8. The Balaban J connectivity index is 1.65. The molecule has 0 spiro atoms. The predicted octanol–water partition coefficient (Wildman–Crippen LogP) is 3.38. The van der Waals surface area contributed by atoms with Gasteiger partial charge in [0.05, 0.1) is 25.9 Å². The van der Waals surface area contributed by atoms with Crippen LogP contribution >= 0.6 is 0 Å². The molecule has 5 rings (SSSR count). The van der Waals surface area contributed by atoms with Crippen LogP contribution in [0, 0.1) is 11.6 Å². The number of nitrogens with two attached hydrogens (primary N) is 1. The number of hydrogen-bond donors (Lipinski definition) is 2. The molecule has 1 fully saturated rings. The van der Waals surface area contributed by atoms with Gasteiger partial charge in [0, 0.05) is 48.0 Å². The van der Waals surface area contributed by atoms with Gasteiger partial charge in [-0.15, -0.1) is 0 Å². The monoisotopic (exact) mass is 569 g/mol. The zero-order valence-corrected chi connectivity index (χ0v) is 22.5. The maximum atomic E-state index is 15.7. The van der Waals surface area contributed by atoms with Crippen LogP contribution in [0.1, 0.15) is 12.0 Å². The van der Waals surface area contributed by atoms with Crippen molar-refractivity contribution in [3.8, 4) is 28.3 Å². The molecular formula is C27H27F2N6O4S-. The summed E-state index contributed by atoms with van der Waals surface area (Å²) in [7, 11) is 1.47. The number of aromatic nitrogens is 3. The number of pyridine rings is 1. The number of hydrogen-bond acceptors (Lipinski definition) is 9. The van der Waals surface area contributed by atoms with E-state index in [2.05, 4.69) is 9.71 Å². The molecular weight excluding hydrogens is 542 g/mol. The second kappa shape index (κ2) is 12.2. The van der Waals surface area contributed by atoms with E-state index < -0.39 is 22.9 Å². The molecule has 0 bridgehead atoms. The summed E-state index contributed by atoms with van der Waals surface area (Å²) in [5.74, 6) is 0.208. The van der Waals surface area contributed by atoms with Crippen molar-refractivity contribution >= 4 is 33.8 Å². The third-order valence-corrected chi connectivity index (χ3v) is 7.06. The molecule has 210 valence electrons. The van der Waals surface area contributed by atoms with Crippen LogP contribution in [-0.4, -0.2) is 63.7 Å². The molecule has 3 heterocycles. The van der Waals surface area contributed by atoms with Crippen LogP contribution < -0.4 is 20.1 Å². The van der Waals surface area contributed by atoms with Crippen LogP contribution in [0.15, 0.2) is 42.6 Å². The lowest BCUT2D eigenvalue weighted by molar-refractivity contribution is 0.122. The molecule has 1 saturated heterocycles. The average Bonchev–Trinajstić information content (AvgIpc) is 2.96. The summed E-state index contributed by atoms with van der Waals surface area (Å²) in [5.41, 5.74) is 7.20. The quantitative estimate of drug-likeness (QED) is 0.229. The van der Waals surface area contributed by atoms with Gasteiger partial charge >= 0.3 is 0 Å². The Morgan fingerprint density at radius 1 is 1.15 bits per heavy atom. The van der Waals surface area contributed by atoms with Gasteiger partial charge in [0.25, 0.3) is 0 Å². The van der Waals surface area contributed by atoms with Crippen molar-refractivity contribution in [3.05, 3.63) is 59.8 Å². The van der Waals surface area contributed by atoms with Crippen molar-refractivity contribution in [2.75, 3.05) is 50.6 Å². The molecule has 2 aromatic heterocycles. The largest absolute Gasteiger partial charge is 0.760 e. The van der Waals surface area contributed by atoms with Crippen molar-refractivity contribution in [1.82, 2.24) is 19.7 Å². The third-order valence-electron chi connectivity index (χ3n) is 6.62. The summed E-state index contributed by atoms with van der Waals surface area (Å²) >= 11 is -2.40. The predicted molar refractivity (Wildman–Crippen MR) is 147 cm³/mol. The smallest absolute Gasteiger partial charge is 0.163 e. The highest BCUT2D eigenvalue weighted by Gasteiger charge is 2.23. The second-order valence-corrected chi connectivity index (χ2v) is 9.90. The first-order valence-corrected chi connectivity index (χ1v) is 13.7. The maximum Gasteiger partial charge on any atom is 0.163 e. The molecule has 1 aliphatic rings. The van der Waals surface area contributed by atoms with Crippen LogP contribution in [0.2, 0.25) is 0 Å². The van der Waals surface area contributed by atoms with Crippen LogP contribution in [0.3, 0.4) is 0 Å². The minimum atomic E-state index is -2.40. The second-order valence-electron chi connectivity index (χ2n) is 9.14. The summed E-state index contributed by atoms with van der Waals surface area (Å²) in [5, 5.41) is 0.565. The molecule has 13 heteroatoms. The third kappa shape index (κ3) is 5.87. The Kier molecular flexibility index (Phi) is 8.45. The Hall–Kier alpha value is -3.78. The molecule has 0 radical (unpaired) electrons. The van der Waals surface area contributed by atoms with E-state index in [1.54, 1.807) is 30.5 Å². The molecule has 4 aromatic rings. The number of halogens is 2. The van der Waals surface area contributed by atoms with Gasteiger partial charge in [-0.2, -0.15) is 0 Å². The van der Waals surface area contributed by atoms with E-state index in [1.807, 2.05) is 4.90 Å². The number of anilines is 2. The van der Waals surface area contributed by atoms with E-state index in [0.717, 1.165) is 0 Å². The molecule has 1 unspecified atom stereocenters. The van der Waals surface area contributed by atoms with E-state index in [-0.39, 0.29) is 29.7 Å². The van der Waals surface area contributed by atoms with Gasteiger partial charge in [0.1, 0.15) is 34.5 Å². The van der Waals surface area contributed by atoms with Crippen LogP contribution in [-0.2, 0) is 22.4 Å². The molecule has 10 nitrogen and oxygen atoms in total. The fourth-order valence-corrected chi connectivity index (χ4v) is 4.97. The fraction of sp³-hybridized carbons (Fsp3) is 0.296. The maximum absolute atomic E-state index is 15.7. The summed E-state index contributed by atoms with van der Waals surface area (Å²) in [6, 6.07) is 9.23. The molecule has 0 saturated carbocycles. The summed E-state index contributed by atoms with van der Waals surface area (Å²) in [6.07, 6.45) is 2.14. The number of nitrogens with zero attached hydrogens (tertiary/aromatic N) is 4. The van der Waals surface area contributed by atoms with Crippen LogP contribution in [0.5, 0.6) is 5.75 Å². The Bertz CT molecular complexity index is 1550. The Morgan fingerprint density at radius 3 is 2.65 bits per heavy atom. The first kappa shape index (κ1) is 27.8. The van der Waals surface area contributed by atoms with Crippen molar-refractivity contribution in [1.29, 1.82) is 0 Å². The zero-order valence-electron chi connectivity index (χ0n) is 21.7. The highest BCUT2D eigenvalue weighted by atomic mass is 32.2. The van der Waals surface area contributed by atoms with E-state index in [0.29, 0.717) is 72.4 Å². The Labute approximate surface area is 232 Å². The first-order valence-electron chi connectivity index (χ1n) is 12.6. The fourth-order valence-electron chi connectivity index (χ4n) is 4.66. The highest BCUT2D eigenvalue weighted by molar-refractivity contribution is 7.77. The lowest BCUT2D eigenvalue weighted by Gasteiger charge is -2.29. The van der Waals surface area contributed by atoms with Crippen LogP contribution in [0.25, 0.3) is 33.4 Å². The number of benzene rings is 2. The number of rotatable bonds is 9. The van der Waals surface area contributed by atoms with E-state index in [4.69, 9.17) is 25.2 Å². The highest BCUT2D eigenvalue weighted by Crippen LogP contribution is 2.39. The summed E-state index contributed by atoms with van der Waals surface area (Å²) in [6.45, 7) is 2.28. The number of nitrogens with one attached hydrogen (secondary N) is 1. The molecule has 2 aromatic carbocycles. The van der Waals surface area contributed by atoms with E-state index in [9.17, 15) is 8.76 Å². The standard InChI is InChI=1S/C27H28F2N6O4S/c1-38-21-14-18(23-20(28)6-4-16(24(23)29)3-2-8-32-40(36)37)13-19-25(21)33-26(17-5-7-22(30)31-15-17)34-27(19)35-9-11-39-12-10-35/h4-7,13-15,32H,2-3,8-12H2,1H3,(H2,30,31)(H,36,37)/p-1. The van der Waals surface area contributed by atoms with Gasteiger partial charge in [-0.05, 0) is 54.3 Å². The molecule has 0 aliphatic carbocycles. The van der Waals surface area contributed by atoms with Gasteiger partial charge in [-0.1, -0.05) is 6.07 Å². The molecule has 3 N–H and O–H groups in total. The summed E-state index contributed by atoms with van der Waals surface area (Å²) in [4.78, 5) is 15.8. The number of ether oxygens (including phenoxy) is 2. The number of fused-ring (bicyclic) bond motifs is 1. The number of aryl methyl sites for hydroxylation is 1. The molecule has 1 atom stereocenters. The molecule has 1 aliphatic heterocycles. The van der Waals surface area contributed by atoms with Gasteiger partial charge in [-0.25, -0.2) is 28.5 Å². The normalized spacial score (nSPS) is 14.4. The van der Waals surface area contributed by atoms with Gasteiger partial charge in [0.15, 0.2) is 5.82 Å². The van der Waals surface area contributed by atoms with Crippen molar-refractivity contribution in [3.63, 3.8) is 0 Å². The van der Waals surface area contributed by atoms with E-state index in [1.165, 1.54) is 19.2 Å². The topological polar surface area (TPSA) is 139 Å². The van der Waals surface area contributed by atoms with E-state index >= 15 is 8.78 Å². The van der Waals surface area contributed by atoms with Crippen LogP contribution in [0.4, 0.5) is 20.4 Å². The Morgan fingerprint density at radius 2 is 1.95 bits per heavy atom. The average molecular weight is 570 g/mol. The minimum Gasteiger partial charge on any atom is -0.760 e. The van der Waals surface area contributed by atoms with Crippen molar-refractivity contribution in [2.45, 2.75) is 12.8 Å².